The highest BCUT2D eigenvalue weighted by Crippen LogP contribution is 2.12. The minimum Gasteiger partial charge on any atom is -0.508 e. The number of amides is 3. The van der Waals surface area contributed by atoms with Crippen LogP contribution in [0.5, 0.6) is 5.75 Å². The largest absolute Gasteiger partial charge is 0.508 e. The normalized spacial score (nSPS) is 14.2. The van der Waals surface area contributed by atoms with Gasteiger partial charge in [-0.25, -0.2) is 4.79 Å². The minimum absolute atomic E-state index is 0.00395. The first kappa shape index (κ1) is 31.8. The molecule has 13 nitrogen and oxygen atoms in total. The van der Waals surface area contributed by atoms with Crippen LogP contribution >= 0.6 is 0 Å². The molecule has 37 heavy (non-hydrogen) atoms. The molecule has 0 aliphatic carbocycles. The van der Waals surface area contributed by atoms with Gasteiger partial charge in [-0.1, -0.05) is 12.1 Å². The van der Waals surface area contributed by atoms with Crippen LogP contribution in [-0.4, -0.2) is 82.9 Å². The molecule has 0 aliphatic heterocycles. The number of hydrogen-bond acceptors (Lipinski definition) is 9. The lowest BCUT2D eigenvalue weighted by Crippen LogP contribution is -2.58. The van der Waals surface area contributed by atoms with Gasteiger partial charge in [-0.2, -0.15) is 0 Å². The lowest BCUT2D eigenvalue weighted by Gasteiger charge is -2.25. The molecule has 0 aromatic heterocycles. The number of phenolic OH excluding ortho intramolecular Hbond substituents is 1. The number of aliphatic hydroxyl groups is 1. The van der Waals surface area contributed by atoms with Crippen LogP contribution in [0, 0.1) is 0 Å². The number of aliphatic carboxylic acids is 1. The Hall–Kier alpha value is -3.26. The van der Waals surface area contributed by atoms with Gasteiger partial charge in [0.15, 0.2) is 0 Å². The summed E-state index contributed by atoms with van der Waals surface area (Å²) in [5.74, 6) is -3.32. The number of phenols is 1. The van der Waals surface area contributed by atoms with Crippen LogP contribution in [0.25, 0.3) is 0 Å². The van der Waals surface area contributed by atoms with Crippen molar-refractivity contribution in [3.05, 3.63) is 29.8 Å². The van der Waals surface area contributed by atoms with Crippen molar-refractivity contribution in [2.45, 2.75) is 69.1 Å². The van der Waals surface area contributed by atoms with E-state index in [1.807, 2.05) is 0 Å². The molecule has 0 aliphatic rings. The number of carbonyl (C=O) groups is 4. The summed E-state index contributed by atoms with van der Waals surface area (Å²) in [7, 11) is 0. The monoisotopic (exact) mass is 524 g/mol. The fraction of sp³-hybridized carbons (Fsp3) is 0.583. The Morgan fingerprint density at radius 2 is 1.24 bits per heavy atom. The number of nitrogens with two attached hydrogens (primary N) is 3. The number of aliphatic hydroxyl groups excluding tert-OH is 1. The van der Waals surface area contributed by atoms with Gasteiger partial charge in [-0.15, -0.1) is 0 Å². The van der Waals surface area contributed by atoms with E-state index in [-0.39, 0.29) is 25.0 Å². The third-order valence-electron chi connectivity index (χ3n) is 5.68. The molecule has 1 aromatic rings. The number of unbranched alkanes of at least 4 members (excludes halogenated alkanes) is 2. The number of carboxylic acid groups (broad SMARTS) is 1. The zero-order valence-corrected chi connectivity index (χ0v) is 20.9. The molecule has 0 heterocycles. The molecule has 1 rings (SSSR count). The van der Waals surface area contributed by atoms with Gasteiger partial charge in [0.25, 0.3) is 0 Å². The van der Waals surface area contributed by atoms with E-state index in [2.05, 4.69) is 16.0 Å². The SMILES string of the molecule is NCCCCC(NC(=O)C(CCCCN)NC(=O)C(Cc1ccc(O)cc1)NC(=O)C(N)CO)C(=O)O. The van der Waals surface area contributed by atoms with Gasteiger partial charge in [-0.05, 0) is 69.3 Å². The second kappa shape index (κ2) is 17.2. The fourth-order valence-corrected chi connectivity index (χ4v) is 3.50. The number of carbonyl (C=O) groups excluding carboxylic acids is 3. The molecule has 208 valence electrons. The number of rotatable bonds is 18. The number of aromatic hydroxyl groups is 1. The second-order valence-corrected chi connectivity index (χ2v) is 8.75. The highest BCUT2D eigenvalue weighted by atomic mass is 16.4. The number of hydrogen-bond donors (Lipinski definition) is 9. The Morgan fingerprint density at radius 1 is 0.757 bits per heavy atom. The summed E-state index contributed by atoms with van der Waals surface area (Å²) in [6, 6.07) is 1.32. The van der Waals surface area contributed by atoms with Gasteiger partial charge < -0.3 is 48.5 Å². The molecule has 1 aromatic carbocycles. The van der Waals surface area contributed by atoms with Crippen molar-refractivity contribution in [3.8, 4) is 5.75 Å². The van der Waals surface area contributed by atoms with Crippen molar-refractivity contribution in [2.75, 3.05) is 19.7 Å². The predicted octanol–water partition coefficient (Wildman–Crippen LogP) is -1.95. The van der Waals surface area contributed by atoms with Crippen LogP contribution in [0.3, 0.4) is 0 Å². The molecule has 4 unspecified atom stereocenters. The van der Waals surface area contributed by atoms with Crippen molar-refractivity contribution in [3.63, 3.8) is 0 Å². The van der Waals surface area contributed by atoms with Crippen molar-refractivity contribution >= 4 is 23.7 Å². The summed E-state index contributed by atoms with van der Waals surface area (Å²) < 4.78 is 0. The molecule has 4 atom stereocenters. The average Bonchev–Trinajstić information content (AvgIpc) is 2.87. The summed E-state index contributed by atoms with van der Waals surface area (Å²) in [6.07, 6.45) is 2.56. The highest BCUT2D eigenvalue weighted by Gasteiger charge is 2.30. The third kappa shape index (κ3) is 12.0. The quantitative estimate of drug-likeness (QED) is 0.0961. The number of benzene rings is 1. The van der Waals surface area contributed by atoms with Crippen molar-refractivity contribution in [2.24, 2.45) is 17.2 Å². The molecular weight excluding hydrogens is 484 g/mol. The van der Waals surface area contributed by atoms with Gasteiger partial charge in [-0.3, -0.25) is 14.4 Å². The summed E-state index contributed by atoms with van der Waals surface area (Å²) in [5.41, 5.74) is 17.2. The van der Waals surface area contributed by atoms with E-state index in [1.165, 1.54) is 12.1 Å². The van der Waals surface area contributed by atoms with Gasteiger partial charge in [0, 0.05) is 6.42 Å². The molecule has 13 heteroatoms. The topological polar surface area (TPSA) is 243 Å². The van der Waals surface area contributed by atoms with Crippen LogP contribution in [0.4, 0.5) is 0 Å². The summed E-state index contributed by atoms with van der Waals surface area (Å²) in [5, 5.41) is 35.8. The maximum atomic E-state index is 13.2. The summed E-state index contributed by atoms with van der Waals surface area (Å²) in [4.78, 5) is 50.2. The van der Waals surface area contributed by atoms with Crippen molar-refractivity contribution < 1.29 is 34.5 Å². The Labute approximate surface area is 216 Å². The molecule has 0 saturated heterocycles. The lowest BCUT2D eigenvalue weighted by atomic mass is 10.0. The Bertz CT molecular complexity index is 868. The Kier molecular flexibility index (Phi) is 14.8. The van der Waals surface area contributed by atoms with E-state index in [0.29, 0.717) is 44.3 Å². The maximum absolute atomic E-state index is 13.2. The fourth-order valence-electron chi connectivity index (χ4n) is 3.50. The maximum Gasteiger partial charge on any atom is 0.326 e. The first-order valence-electron chi connectivity index (χ1n) is 12.3. The van der Waals surface area contributed by atoms with Crippen LogP contribution in [0.2, 0.25) is 0 Å². The van der Waals surface area contributed by atoms with Crippen LogP contribution < -0.4 is 33.2 Å². The highest BCUT2D eigenvalue weighted by molar-refractivity contribution is 5.94. The molecule has 0 radical (unpaired) electrons. The molecule has 0 fully saturated rings. The molecule has 3 amide bonds. The van der Waals surface area contributed by atoms with Crippen molar-refractivity contribution in [1.29, 1.82) is 0 Å². The predicted molar refractivity (Wildman–Crippen MR) is 136 cm³/mol. The number of nitrogens with one attached hydrogen (secondary N) is 3. The lowest BCUT2D eigenvalue weighted by molar-refractivity contribution is -0.142. The van der Waals surface area contributed by atoms with Crippen LogP contribution in [0.1, 0.15) is 44.1 Å². The molecule has 0 spiro atoms. The van der Waals surface area contributed by atoms with E-state index in [1.54, 1.807) is 12.1 Å². The van der Waals surface area contributed by atoms with E-state index in [4.69, 9.17) is 17.2 Å². The second-order valence-electron chi connectivity index (χ2n) is 8.75. The number of carboxylic acids is 1. The molecule has 0 bridgehead atoms. The average molecular weight is 525 g/mol. The van der Waals surface area contributed by atoms with Crippen LogP contribution in [0.15, 0.2) is 24.3 Å². The zero-order valence-electron chi connectivity index (χ0n) is 20.9. The van der Waals surface area contributed by atoms with Gasteiger partial charge in [0.1, 0.15) is 29.9 Å². The van der Waals surface area contributed by atoms with Crippen molar-refractivity contribution in [1.82, 2.24) is 16.0 Å². The molecule has 12 N–H and O–H groups in total. The Morgan fingerprint density at radius 3 is 1.76 bits per heavy atom. The van der Waals surface area contributed by atoms with E-state index >= 15 is 0 Å². The van der Waals surface area contributed by atoms with E-state index in [9.17, 15) is 34.5 Å². The smallest absolute Gasteiger partial charge is 0.326 e. The van der Waals surface area contributed by atoms with E-state index in [0.717, 1.165) is 0 Å². The molecular formula is C24H40N6O7. The summed E-state index contributed by atoms with van der Waals surface area (Å²) >= 11 is 0. The zero-order chi connectivity index (χ0) is 27.8. The summed E-state index contributed by atoms with van der Waals surface area (Å²) in [6.45, 7) is 0.133. The first-order chi connectivity index (χ1) is 17.6. The molecule has 0 saturated carbocycles. The minimum atomic E-state index is -1.26. The van der Waals surface area contributed by atoms with Crippen LogP contribution in [-0.2, 0) is 25.6 Å². The standard InChI is InChI=1S/C24H40N6O7/c25-11-3-1-5-18(22(34)29-19(24(36)37)6-2-4-12-26)28-23(35)20(30-21(33)17(27)14-31)13-15-7-9-16(32)10-8-15/h7-10,17-20,31-32H,1-6,11-14,25-27H2,(H,28,35)(H,29,34)(H,30,33)(H,36,37). The third-order valence-corrected chi connectivity index (χ3v) is 5.68. The van der Waals surface area contributed by atoms with Gasteiger partial charge in [0.2, 0.25) is 17.7 Å². The van der Waals surface area contributed by atoms with E-state index < -0.39 is 54.5 Å². The Balaban J connectivity index is 3.07. The first-order valence-corrected chi connectivity index (χ1v) is 12.3. The van der Waals surface area contributed by atoms with Gasteiger partial charge >= 0.3 is 5.97 Å². The van der Waals surface area contributed by atoms with Gasteiger partial charge in [0.05, 0.1) is 6.61 Å².